The number of hydrogen-bond acceptors (Lipinski definition) is 4. The van der Waals surface area contributed by atoms with Crippen LogP contribution in [0.3, 0.4) is 0 Å². The molecule has 24 heavy (non-hydrogen) atoms. The second-order valence-electron chi connectivity index (χ2n) is 5.99. The van der Waals surface area contributed by atoms with Crippen molar-refractivity contribution in [3.05, 3.63) is 63.2 Å². The average molecular weight is 325 g/mol. The van der Waals surface area contributed by atoms with Gasteiger partial charge in [0.1, 0.15) is 0 Å². The van der Waals surface area contributed by atoms with Crippen molar-refractivity contribution in [1.29, 1.82) is 0 Å². The van der Waals surface area contributed by atoms with E-state index in [1.54, 1.807) is 17.9 Å². The number of amides is 1. The molecule has 6 nitrogen and oxygen atoms in total. The Balaban J connectivity index is 1.74. The molecule has 0 unspecified atom stereocenters. The molecule has 0 saturated carbocycles. The lowest BCUT2D eigenvalue weighted by molar-refractivity contribution is -0.385. The quantitative estimate of drug-likeness (QED) is 0.692. The molecule has 0 spiro atoms. The Hall–Kier alpha value is -2.89. The van der Waals surface area contributed by atoms with Crippen molar-refractivity contribution in [2.24, 2.45) is 0 Å². The fourth-order valence-corrected chi connectivity index (χ4v) is 3.09. The van der Waals surface area contributed by atoms with Gasteiger partial charge in [-0.15, -0.1) is 0 Å². The summed E-state index contributed by atoms with van der Waals surface area (Å²) >= 11 is 0. The van der Waals surface area contributed by atoms with Gasteiger partial charge in [-0.1, -0.05) is 18.2 Å². The maximum absolute atomic E-state index is 12.5. The van der Waals surface area contributed by atoms with Crippen LogP contribution in [0.5, 0.6) is 0 Å². The number of carbonyl (C=O) groups is 1. The highest BCUT2D eigenvalue weighted by Crippen LogP contribution is 2.28. The van der Waals surface area contributed by atoms with Gasteiger partial charge >= 0.3 is 0 Å². The number of hydrogen-bond donors (Lipinski definition) is 1. The number of nitro benzene ring substituents is 1. The molecule has 1 aliphatic rings. The molecule has 0 bridgehead atoms. The fraction of sp³-hybridized carbons (Fsp3) is 0.278. The van der Waals surface area contributed by atoms with Crippen LogP contribution in [-0.4, -0.2) is 23.9 Å². The van der Waals surface area contributed by atoms with Gasteiger partial charge in [0, 0.05) is 29.5 Å². The van der Waals surface area contributed by atoms with Crippen LogP contribution in [0.2, 0.25) is 0 Å². The van der Waals surface area contributed by atoms with Crippen LogP contribution in [-0.2, 0) is 11.2 Å². The molecule has 0 saturated heterocycles. The number of anilines is 2. The Morgan fingerprint density at radius 2 is 2.00 bits per heavy atom. The minimum Gasteiger partial charge on any atom is -0.376 e. The number of carbonyl (C=O) groups excluding carboxylic acids is 1. The van der Waals surface area contributed by atoms with Crippen molar-refractivity contribution in [3.8, 4) is 0 Å². The molecule has 124 valence electrons. The number of rotatable bonds is 4. The van der Waals surface area contributed by atoms with E-state index in [1.807, 2.05) is 31.2 Å². The number of nitro groups is 1. The van der Waals surface area contributed by atoms with Crippen molar-refractivity contribution in [2.75, 3.05) is 23.3 Å². The van der Waals surface area contributed by atoms with Crippen molar-refractivity contribution in [1.82, 2.24) is 0 Å². The van der Waals surface area contributed by atoms with Gasteiger partial charge in [0.25, 0.3) is 5.69 Å². The molecule has 0 aliphatic carbocycles. The molecule has 0 fully saturated rings. The van der Waals surface area contributed by atoms with Crippen molar-refractivity contribution in [2.45, 2.75) is 20.3 Å². The van der Waals surface area contributed by atoms with Gasteiger partial charge in [-0.3, -0.25) is 14.9 Å². The van der Waals surface area contributed by atoms with Crippen molar-refractivity contribution >= 4 is 23.0 Å². The average Bonchev–Trinajstić information content (AvgIpc) is 2.97. The highest BCUT2D eigenvalue weighted by Gasteiger charge is 2.24. The Morgan fingerprint density at radius 3 is 2.75 bits per heavy atom. The number of para-hydroxylation sites is 1. The minimum atomic E-state index is -0.404. The van der Waals surface area contributed by atoms with Gasteiger partial charge in [0.05, 0.1) is 11.5 Å². The molecule has 0 radical (unpaired) electrons. The molecule has 1 heterocycles. The van der Waals surface area contributed by atoms with E-state index in [1.165, 1.54) is 11.6 Å². The number of fused-ring (bicyclic) bond motifs is 1. The molecule has 2 aromatic carbocycles. The van der Waals surface area contributed by atoms with Gasteiger partial charge in [-0.25, -0.2) is 0 Å². The zero-order chi connectivity index (χ0) is 17.3. The molecule has 3 rings (SSSR count). The highest BCUT2D eigenvalue weighted by molar-refractivity contribution is 5.98. The lowest BCUT2D eigenvalue weighted by Gasteiger charge is -2.18. The Bertz CT molecular complexity index is 817. The lowest BCUT2D eigenvalue weighted by Crippen LogP contribution is -2.34. The van der Waals surface area contributed by atoms with E-state index < -0.39 is 4.92 Å². The molecule has 2 aromatic rings. The van der Waals surface area contributed by atoms with E-state index in [-0.39, 0.29) is 18.1 Å². The van der Waals surface area contributed by atoms with E-state index in [0.717, 1.165) is 17.7 Å². The molecule has 0 atom stereocenters. The zero-order valence-corrected chi connectivity index (χ0v) is 13.7. The van der Waals surface area contributed by atoms with Crippen LogP contribution in [0.25, 0.3) is 0 Å². The summed E-state index contributed by atoms with van der Waals surface area (Å²) in [6.07, 6.45) is 0.858. The molecular weight excluding hydrogens is 306 g/mol. The molecule has 1 N–H and O–H groups in total. The monoisotopic (exact) mass is 325 g/mol. The number of nitrogens with zero attached hydrogens (tertiary/aromatic N) is 2. The van der Waals surface area contributed by atoms with Gasteiger partial charge in [0.15, 0.2) is 0 Å². The van der Waals surface area contributed by atoms with Gasteiger partial charge < -0.3 is 10.2 Å². The summed E-state index contributed by atoms with van der Waals surface area (Å²) in [6.45, 7) is 4.36. The predicted molar refractivity (Wildman–Crippen MR) is 93.6 cm³/mol. The summed E-state index contributed by atoms with van der Waals surface area (Å²) in [4.78, 5) is 24.9. The van der Waals surface area contributed by atoms with E-state index in [9.17, 15) is 14.9 Å². The second kappa shape index (κ2) is 6.31. The standard InChI is InChI=1S/C18H19N3O3/c1-12-9-13(2)17(21(23)24)10-15(12)19-11-18(22)20-8-7-14-5-3-4-6-16(14)20/h3-6,9-10,19H,7-8,11H2,1-2H3. The first-order chi connectivity index (χ1) is 11.5. The third kappa shape index (κ3) is 2.95. The smallest absolute Gasteiger partial charge is 0.274 e. The molecule has 6 heteroatoms. The van der Waals surface area contributed by atoms with Crippen LogP contribution in [0.15, 0.2) is 36.4 Å². The maximum atomic E-state index is 12.5. The van der Waals surface area contributed by atoms with Gasteiger partial charge in [0.2, 0.25) is 5.91 Å². The first-order valence-electron chi connectivity index (χ1n) is 7.85. The van der Waals surface area contributed by atoms with Gasteiger partial charge in [-0.05, 0) is 43.5 Å². The van der Waals surface area contributed by atoms with Crippen molar-refractivity contribution in [3.63, 3.8) is 0 Å². The predicted octanol–water partition coefficient (Wildman–Crippen LogP) is 3.21. The SMILES string of the molecule is Cc1cc(C)c([N+](=O)[O-])cc1NCC(=O)N1CCc2ccccc21. The van der Waals surface area contributed by atoms with E-state index in [0.29, 0.717) is 17.8 Å². The minimum absolute atomic E-state index is 0.0393. The third-order valence-corrected chi connectivity index (χ3v) is 4.36. The summed E-state index contributed by atoms with van der Waals surface area (Å²) in [6, 6.07) is 11.1. The normalized spacial score (nSPS) is 12.8. The summed E-state index contributed by atoms with van der Waals surface area (Å²) in [5.41, 5.74) is 4.30. The first kappa shape index (κ1) is 16.0. The highest BCUT2D eigenvalue weighted by atomic mass is 16.6. The summed E-state index contributed by atoms with van der Waals surface area (Å²) in [7, 11) is 0. The van der Waals surface area contributed by atoms with Crippen LogP contribution < -0.4 is 10.2 Å². The Morgan fingerprint density at radius 1 is 1.25 bits per heavy atom. The van der Waals surface area contributed by atoms with Crippen LogP contribution in [0.1, 0.15) is 16.7 Å². The number of aryl methyl sites for hydroxylation is 2. The van der Waals surface area contributed by atoms with Crippen LogP contribution in [0.4, 0.5) is 17.1 Å². The molecule has 1 aliphatic heterocycles. The number of nitrogens with one attached hydrogen (secondary N) is 1. The second-order valence-corrected chi connectivity index (χ2v) is 5.99. The summed E-state index contributed by atoms with van der Waals surface area (Å²) < 4.78 is 0. The van der Waals surface area contributed by atoms with E-state index >= 15 is 0 Å². The first-order valence-corrected chi connectivity index (χ1v) is 7.85. The maximum Gasteiger partial charge on any atom is 0.274 e. The molecule has 0 aromatic heterocycles. The largest absolute Gasteiger partial charge is 0.376 e. The molecular formula is C18H19N3O3. The summed E-state index contributed by atoms with van der Waals surface area (Å²) in [5.74, 6) is -0.0393. The van der Waals surface area contributed by atoms with Crippen LogP contribution in [0, 0.1) is 24.0 Å². The fourth-order valence-electron chi connectivity index (χ4n) is 3.09. The topological polar surface area (TPSA) is 75.5 Å². The summed E-state index contributed by atoms with van der Waals surface area (Å²) in [5, 5.41) is 14.1. The number of benzene rings is 2. The van der Waals surface area contributed by atoms with Crippen LogP contribution >= 0.6 is 0 Å². The van der Waals surface area contributed by atoms with E-state index in [2.05, 4.69) is 5.32 Å². The van der Waals surface area contributed by atoms with Crippen molar-refractivity contribution < 1.29 is 9.72 Å². The molecule has 1 amide bonds. The lowest BCUT2D eigenvalue weighted by atomic mass is 10.1. The van der Waals surface area contributed by atoms with Gasteiger partial charge in [-0.2, -0.15) is 0 Å². The zero-order valence-electron chi connectivity index (χ0n) is 13.7. The third-order valence-electron chi connectivity index (χ3n) is 4.36. The van der Waals surface area contributed by atoms with E-state index in [4.69, 9.17) is 0 Å². The Labute approximate surface area is 140 Å². The Kier molecular flexibility index (Phi) is 4.20.